The van der Waals surface area contributed by atoms with Crippen LogP contribution in [0, 0.1) is 0 Å². The maximum Gasteiger partial charge on any atom is 0.124 e. The molecule has 118 valence electrons. The van der Waals surface area contributed by atoms with E-state index in [9.17, 15) is 5.11 Å². The van der Waals surface area contributed by atoms with Gasteiger partial charge >= 0.3 is 0 Å². The maximum absolute atomic E-state index is 10.7. The SMILES string of the molecule is COCCn1ncc(Br)c1C(O)C1CN2CCCC2CO1. The van der Waals surface area contributed by atoms with Crippen LogP contribution in [0.4, 0.5) is 0 Å². The number of rotatable bonds is 5. The summed E-state index contributed by atoms with van der Waals surface area (Å²) in [4.78, 5) is 2.43. The van der Waals surface area contributed by atoms with Crippen LogP contribution in [0.2, 0.25) is 0 Å². The molecule has 0 spiro atoms. The number of ether oxygens (including phenoxy) is 2. The summed E-state index contributed by atoms with van der Waals surface area (Å²) in [5.41, 5.74) is 0.773. The summed E-state index contributed by atoms with van der Waals surface area (Å²) in [6.45, 7) is 3.79. The molecule has 0 aliphatic carbocycles. The Hall–Kier alpha value is -0.470. The third-order valence-corrected chi connectivity index (χ3v) is 5.00. The molecule has 0 saturated carbocycles. The molecule has 1 N–H and O–H groups in total. The molecule has 0 bridgehead atoms. The van der Waals surface area contributed by atoms with E-state index in [0.717, 1.165) is 23.3 Å². The Balaban J connectivity index is 1.72. The summed E-state index contributed by atoms with van der Waals surface area (Å²) in [5.74, 6) is 0. The molecule has 2 fully saturated rings. The standard InChI is InChI=1S/C14H22BrN3O3/c1-20-6-5-18-13(11(15)7-16-18)14(19)12-8-17-4-2-3-10(17)9-21-12/h7,10,12,14,19H,2-6,8-9H2,1H3. The van der Waals surface area contributed by atoms with Crippen LogP contribution in [0.3, 0.4) is 0 Å². The van der Waals surface area contributed by atoms with Gasteiger partial charge in [0.2, 0.25) is 0 Å². The van der Waals surface area contributed by atoms with E-state index in [-0.39, 0.29) is 6.10 Å². The first-order chi connectivity index (χ1) is 10.2. The predicted molar refractivity (Wildman–Crippen MR) is 81.1 cm³/mol. The number of nitrogens with zero attached hydrogens (tertiary/aromatic N) is 3. The predicted octanol–water partition coefficient (Wildman–Crippen LogP) is 1.19. The van der Waals surface area contributed by atoms with E-state index in [2.05, 4.69) is 25.9 Å². The summed E-state index contributed by atoms with van der Waals surface area (Å²) >= 11 is 3.48. The summed E-state index contributed by atoms with van der Waals surface area (Å²) in [6, 6.07) is 0.537. The number of hydrogen-bond acceptors (Lipinski definition) is 5. The lowest BCUT2D eigenvalue weighted by molar-refractivity contribution is -0.106. The van der Waals surface area contributed by atoms with Gasteiger partial charge in [-0.05, 0) is 35.3 Å². The van der Waals surface area contributed by atoms with E-state index in [1.807, 2.05) is 0 Å². The molecule has 21 heavy (non-hydrogen) atoms. The van der Waals surface area contributed by atoms with Gasteiger partial charge in [0.25, 0.3) is 0 Å². The fourth-order valence-electron chi connectivity index (χ4n) is 3.23. The van der Waals surface area contributed by atoms with Crippen LogP contribution < -0.4 is 0 Å². The van der Waals surface area contributed by atoms with Gasteiger partial charge in [-0.3, -0.25) is 9.58 Å². The van der Waals surface area contributed by atoms with Crippen molar-refractivity contribution in [1.29, 1.82) is 0 Å². The lowest BCUT2D eigenvalue weighted by Gasteiger charge is -2.37. The smallest absolute Gasteiger partial charge is 0.124 e. The van der Waals surface area contributed by atoms with Crippen LogP contribution >= 0.6 is 15.9 Å². The Morgan fingerprint density at radius 1 is 1.62 bits per heavy atom. The fraction of sp³-hybridized carbons (Fsp3) is 0.786. The van der Waals surface area contributed by atoms with Crippen molar-refractivity contribution in [2.75, 3.05) is 33.4 Å². The molecule has 3 heterocycles. The fourth-order valence-corrected chi connectivity index (χ4v) is 3.76. The zero-order valence-electron chi connectivity index (χ0n) is 12.2. The van der Waals surface area contributed by atoms with Gasteiger partial charge in [0, 0.05) is 19.7 Å². The molecule has 3 unspecified atom stereocenters. The van der Waals surface area contributed by atoms with Gasteiger partial charge in [-0.15, -0.1) is 0 Å². The first-order valence-electron chi connectivity index (χ1n) is 7.44. The van der Waals surface area contributed by atoms with Crippen molar-refractivity contribution in [2.24, 2.45) is 0 Å². The van der Waals surface area contributed by atoms with Crippen LogP contribution in [0.25, 0.3) is 0 Å². The number of aliphatic hydroxyl groups excluding tert-OH is 1. The number of hydrogen-bond donors (Lipinski definition) is 1. The molecule has 0 amide bonds. The Kier molecular flexibility index (Phi) is 4.96. The Labute approximate surface area is 133 Å². The normalized spacial score (nSPS) is 27.8. The Morgan fingerprint density at radius 2 is 2.48 bits per heavy atom. The van der Waals surface area contributed by atoms with Crippen LogP contribution in [0.5, 0.6) is 0 Å². The van der Waals surface area contributed by atoms with E-state index in [1.54, 1.807) is 18.0 Å². The Morgan fingerprint density at radius 3 is 3.29 bits per heavy atom. The van der Waals surface area contributed by atoms with Crippen molar-refractivity contribution >= 4 is 15.9 Å². The van der Waals surface area contributed by atoms with Crippen molar-refractivity contribution in [2.45, 2.75) is 37.6 Å². The molecule has 1 aromatic rings. The molecule has 1 aromatic heterocycles. The highest BCUT2D eigenvalue weighted by molar-refractivity contribution is 9.10. The first-order valence-corrected chi connectivity index (χ1v) is 8.24. The monoisotopic (exact) mass is 359 g/mol. The number of methoxy groups -OCH3 is 1. The molecule has 6 nitrogen and oxygen atoms in total. The average Bonchev–Trinajstić information content (AvgIpc) is 3.10. The minimum Gasteiger partial charge on any atom is -0.384 e. The van der Waals surface area contributed by atoms with Gasteiger partial charge in [-0.25, -0.2) is 0 Å². The minimum absolute atomic E-state index is 0.200. The number of halogens is 1. The number of fused-ring (bicyclic) bond motifs is 1. The number of aliphatic hydroxyl groups is 1. The van der Waals surface area contributed by atoms with Crippen LogP contribution in [-0.4, -0.2) is 65.3 Å². The van der Waals surface area contributed by atoms with E-state index < -0.39 is 6.10 Å². The highest BCUT2D eigenvalue weighted by atomic mass is 79.9. The zero-order chi connectivity index (χ0) is 14.8. The second kappa shape index (κ2) is 6.75. The van der Waals surface area contributed by atoms with E-state index in [0.29, 0.717) is 25.8 Å². The quantitative estimate of drug-likeness (QED) is 0.855. The summed E-state index contributed by atoms with van der Waals surface area (Å²) in [6.07, 6.45) is 3.27. The summed E-state index contributed by atoms with van der Waals surface area (Å²) < 4.78 is 13.6. The van der Waals surface area contributed by atoms with Crippen LogP contribution in [0.15, 0.2) is 10.7 Å². The van der Waals surface area contributed by atoms with E-state index in [4.69, 9.17) is 9.47 Å². The second-order valence-corrected chi connectivity index (χ2v) is 6.56. The Bertz CT molecular complexity index is 482. The van der Waals surface area contributed by atoms with Gasteiger partial charge in [-0.2, -0.15) is 5.10 Å². The van der Waals surface area contributed by atoms with Crippen LogP contribution in [0.1, 0.15) is 24.6 Å². The summed E-state index contributed by atoms with van der Waals surface area (Å²) in [5, 5.41) is 15.0. The van der Waals surface area contributed by atoms with Crippen molar-refractivity contribution in [3.63, 3.8) is 0 Å². The maximum atomic E-state index is 10.7. The highest BCUT2D eigenvalue weighted by Crippen LogP contribution is 2.31. The van der Waals surface area contributed by atoms with Gasteiger partial charge < -0.3 is 14.6 Å². The number of morpholine rings is 1. The second-order valence-electron chi connectivity index (χ2n) is 5.70. The van der Waals surface area contributed by atoms with Crippen molar-refractivity contribution in [3.05, 3.63) is 16.4 Å². The van der Waals surface area contributed by atoms with Crippen LogP contribution in [-0.2, 0) is 16.0 Å². The van der Waals surface area contributed by atoms with E-state index >= 15 is 0 Å². The first kappa shape index (κ1) is 15.4. The third kappa shape index (κ3) is 3.17. The van der Waals surface area contributed by atoms with Gasteiger partial charge in [-0.1, -0.05) is 0 Å². The molecule has 2 saturated heterocycles. The molecule has 2 aliphatic rings. The minimum atomic E-state index is -0.680. The average molecular weight is 360 g/mol. The lowest BCUT2D eigenvalue weighted by Crippen LogP contribution is -2.48. The van der Waals surface area contributed by atoms with Crippen molar-refractivity contribution in [1.82, 2.24) is 14.7 Å². The lowest BCUT2D eigenvalue weighted by atomic mass is 10.1. The van der Waals surface area contributed by atoms with Crippen molar-refractivity contribution in [3.8, 4) is 0 Å². The van der Waals surface area contributed by atoms with Gasteiger partial charge in [0.15, 0.2) is 0 Å². The van der Waals surface area contributed by atoms with E-state index in [1.165, 1.54) is 12.8 Å². The molecule has 7 heteroatoms. The highest BCUT2D eigenvalue weighted by Gasteiger charge is 2.37. The molecular weight excluding hydrogens is 338 g/mol. The largest absolute Gasteiger partial charge is 0.384 e. The zero-order valence-corrected chi connectivity index (χ0v) is 13.8. The third-order valence-electron chi connectivity index (χ3n) is 4.39. The molecule has 0 aromatic carbocycles. The molecular formula is C14H22BrN3O3. The number of aromatic nitrogens is 2. The molecule has 0 radical (unpaired) electrons. The summed E-state index contributed by atoms with van der Waals surface area (Å²) in [7, 11) is 1.66. The van der Waals surface area contributed by atoms with Gasteiger partial charge in [0.1, 0.15) is 12.2 Å². The van der Waals surface area contributed by atoms with Crippen molar-refractivity contribution < 1.29 is 14.6 Å². The van der Waals surface area contributed by atoms with Gasteiger partial charge in [0.05, 0.1) is 36.1 Å². The topological polar surface area (TPSA) is 59.8 Å². The molecule has 2 aliphatic heterocycles. The molecule has 3 atom stereocenters. The molecule has 3 rings (SSSR count).